The molecule has 0 radical (unpaired) electrons. The van der Waals surface area contributed by atoms with Crippen molar-refractivity contribution in [2.75, 3.05) is 5.32 Å². The summed E-state index contributed by atoms with van der Waals surface area (Å²) in [6, 6.07) is 11.0. The van der Waals surface area contributed by atoms with Gasteiger partial charge < -0.3 is 5.32 Å². The highest BCUT2D eigenvalue weighted by molar-refractivity contribution is 9.10. The predicted molar refractivity (Wildman–Crippen MR) is 77.3 cm³/mol. The van der Waals surface area contributed by atoms with E-state index in [1.54, 1.807) is 6.07 Å². The number of anilines is 1. The standard InChI is InChI=1S/C15H15BrFN/c1-10-3-4-12(8-14(10)16)9-18-15-6-5-13(17)7-11(15)2/h3-8,18H,9H2,1-2H3. The van der Waals surface area contributed by atoms with E-state index in [1.807, 2.05) is 6.92 Å². The number of nitrogens with one attached hydrogen (secondary N) is 1. The van der Waals surface area contributed by atoms with Crippen molar-refractivity contribution in [2.24, 2.45) is 0 Å². The lowest BCUT2D eigenvalue weighted by Gasteiger charge is -2.10. The second-order valence-corrected chi connectivity index (χ2v) is 5.25. The number of halogens is 2. The van der Waals surface area contributed by atoms with Gasteiger partial charge in [0.25, 0.3) is 0 Å². The van der Waals surface area contributed by atoms with E-state index in [-0.39, 0.29) is 5.82 Å². The quantitative estimate of drug-likeness (QED) is 0.857. The summed E-state index contributed by atoms with van der Waals surface area (Å²) in [7, 11) is 0. The highest BCUT2D eigenvalue weighted by Gasteiger charge is 2.01. The molecule has 0 saturated carbocycles. The predicted octanol–water partition coefficient (Wildman–Crippen LogP) is 4.82. The molecule has 94 valence electrons. The fourth-order valence-electron chi connectivity index (χ4n) is 1.77. The summed E-state index contributed by atoms with van der Waals surface area (Å²) in [6.45, 7) is 4.69. The molecule has 0 spiro atoms. The van der Waals surface area contributed by atoms with Crippen molar-refractivity contribution in [3.63, 3.8) is 0 Å². The van der Waals surface area contributed by atoms with Crippen LogP contribution < -0.4 is 5.32 Å². The van der Waals surface area contributed by atoms with Crippen LogP contribution >= 0.6 is 15.9 Å². The monoisotopic (exact) mass is 307 g/mol. The van der Waals surface area contributed by atoms with Crippen LogP contribution in [0.3, 0.4) is 0 Å². The highest BCUT2D eigenvalue weighted by atomic mass is 79.9. The zero-order valence-electron chi connectivity index (χ0n) is 10.4. The summed E-state index contributed by atoms with van der Waals surface area (Å²) >= 11 is 3.52. The third-order valence-electron chi connectivity index (χ3n) is 2.91. The summed E-state index contributed by atoms with van der Waals surface area (Å²) in [5, 5.41) is 3.32. The largest absolute Gasteiger partial charge is 0.381 e. The Labute approximate surface area is 115 Å². The lowest BCUT2D eigenvalue weighted by Crippen LogP contribution is -2.01. The zero-order valence-corrected chi connectivity index (χ0v) is 12.0. The molecule has 0 amide bonds. The Morgan fingerprint density at radius 2 is 1.83 bits per heavy atom. The van der Waals surface area contributed by atoms with Crippen molar-refractivity contribution < 1.29 is 4.39 Å². The molecule has 2 rings (SSSR count). The maximum absolute atomic E-state index is 13.0. The first-order chi connectivity index (χ1) is 8.56. The smallest absolute Gasteiger partial charge is 0.123 e. The first-order valence-electron chi connectivity index (χ1n) is 5.81. The molecule has 0 fully saturated rings. The summed E-state index contributed by atoms with van der Waals surface area (Å²) < 4.78 is 14.1. The first kappa shape index (κ1) is 13.1. The van der Waals surface area contributed by atoms with Gasteiger partial charge in [-0.15, -0.1) is 0 Å². The van der Waals surface area contributed by atoms with Crippen LogP contribution in [-0.2, 0) is 6.54 Å². The molecule has 0 aromatic heterocycles. The molecular weight excluding hydrogens is 293 g/mol. The first-order valence-corrected chi connectivity index (χ1v) is 6.60. The van der Waals surface area contributed by atoms with Gasteiger partial charge in [-0.05, 0) is 54.8 Å². The van der Waals surface area contributed by atoms with Gasteiger partial charge in [0.2, 0.25) is 0 Å². The Balaban J connectivity index is 2.09. The minimum absolute atomic E-state index is 0.198. The summed E-state index contributed by atoms with van der Waals surface area (Å²) in [5.41, 5.74) is 4.29. The molecular formula is C15H15BrFN. The molecule has 18 heavy (non-hydrogen) atoms. The molecule has 0 bridgehead atoms. The molecule has 3 heteroatoms. The van der Waals surface area contributed by atoms with E-state index in [0.29, 0.717) is 0 Å². The number of hydrogen-bond acceptors (Lipinski definition) is 1. The molecule has 0 saturated heterocycles. The van der Waals surface area contributed by atoms with Crippen molar-refractivity contribution in [1.82, 2.24) is 0 Å². The molecule has 1 N–H and O–H groups in total. The van der Waals surface area contributed by atoms with Crippen molar-refractivity contribution >= 4 is 21.6 Å². The number of aryl methyl sites for hydroxylation is 2. The van der Waals surface area contributed by atoms with Crippen LogP contribution in [-0.4, -0.2) is 0 Å². The SMILES string of the molecule is Cc1ccc(CNc2ccc(F)cc2C)cc1Br. The second-order valence-electron chi connectivity index (χ2n) is 4.40. The van der Waals surface area contributed by atoms with E-state index < -0.39 is 0 Å². The van der Waals surface area contributed by atoms with E-state index in [4.69, 9.17) is 0 Å². The minimum Gasteiger partial charge on any atom is -0.381 e. The molecule has 0 unspecified atom stereocenters. The summed E-state index contributed by atoms with van der Waals surface area (Å²) in [4.78, 5) is 0. The summed E-state index contributed by atoms with van der Waals surface area (Å²) in [6.07, 6.45) is 0. The van der Waals surface area contributed by atoms with Gasteiger partial charge in [-0.3, -0.25) is 0 Å². The van der Waals surface area contributed by atoms with E-state index in [9.17, 15) is 4.39 Å². The van der Waals surface area contributed by atoms with Gasteiger partial charge in [0.1, 0.15) is 5.82 Å². The second kappa shape index (κ2) is 5.53. The molecule has 0 aliphatic carbocycles. The molecule has 0 aliphatic heterocycles. The molecule has 0 atom stereocenters. The van der Waals surface area contributed by atoms with Crippen molar-refractivity contribution in [3.05, 3.63) is 63.4 Å². The van der Waals surface area contributed by atoms with Crippen LogP contribution in [0.1, 0.15) is 16.7 Å². The van der Waals surface area contributed by atoms with Crippen molar-refractivity contribution in [3.8, 4) is 0 Å². The molecule has 2 aromatic rings. The Hall–Kier alpha value is -1.35. The molecule has 1 nitrogen and oxygen atoms in total. The van der Waals surface area contributed by atoms with E-state index >= 15 is 0 Å². The van der Waals surface area contributed by atoms with E-state index in [2.05, 4.69) is 46.4 Å². The van der Waals surface area contributed by atoms with Crippen LogP contribution in [0, 0.1) is 19.7 Å². The fraction of sp³-hybridized carbons (Fsp3) is 0.200. The number of hydrogen-bond donors (Lipinski definition) is 1. The van der Waals surface area contributed by atoms with Crippen LogP contribution in [0.5, 0.6) is 0 Å². The van der Waals surface area contributed by atoms with Gasteiger partial charge in [-0.1, -0.05) is 28.1 Å². The third kappa shape index (κ3) is 3.10. The Bertz CT molecular complexity index is 566. The van der Waals surface area contributed by atoms with Gasteiger partial charge in [0.15, 0.2) is 0 Å². The Kier molecular flexibility index (Phi) is 4.02. The zero-order chi connectivity index (χ0) is 13.1. The van der Waals surface area contributed by atoms with Gasteiger partial charge in [-0.2, -0.15) is 0 Å². The van der Waals surface area contributed by atoms with Crippen LogP contribution in [0.2, 0.25) is 0 Å². The van der Waals surface area contributed by atoms with Crippen LogP contribution in [0.4, 0.5) is 10.1 Å². The van der Waals surface area contributed by atoms with Crippen molar-refractivity contribution in [2.45, 2.75) is 20.4 Å². The maximum atomic E-state index is 13.0. The Morgan fingerprint density at radius 1 is 1.06 bits per heavy atom. The van der Waals surface area contributed by atoms with E-state index in [1.165, 1.54) is 23.3 Å². The minimum atomic E-state index is -0.198. The lowest BCUT2D eigenvalue weighted by atomic mass is 10.1. The number of rotatable bonds is 3. The fourth-order valence-corrected chi connectivity index (χ4v) is 2.20. The Morgan fingerprint density at radius 3 is 2.50 bits per heavy atom. The number of benzene rings is 2. The van der Waals surface area contributed by atoms with Crippen LogP contribution in [0.15, 0.2) is 40.9 Å². The molecule has 0 aliphatic rings. The highest BCUT2D eigenvalue weighted by Crippen LogP contribution is 2.20. The molecule has 0 heterocycles. The molecule has 2 aromatic carbocycles. The van der Waals surface area contributed by atoms with Gasteiger partial charge in [0, 0.05) is 16.7 Å². The average molecular weight is 308 g/mol. The van der Waals surface area contributed by atoms with E-state index in [0.717, 1.165) is 22.3 Å². The maximum Gasteiger partial charge on any atom is 0.123 e. The van der Waals surface area contributed by atoms with Gasteiger partial charge in [0.05, 0.1) is 0 Å². The summed E-state index contributed by atoms with van der Waals surface area (Å²) in [5.74, 6) is -0.198. The van der Waals surface area contributed by atoms with Gasteiger partial charge in [-0.25, -0.2) is 4.39 Å². The van der Waals surface area contributed by atoms with Crippen LogP contribution in [0.25, 0.3) is 0 Å². The normalized spacial score (nSPS) is 10.4. The van der Waals surface area contributed by atoms with Gasteiger partial charge >= 0.3 is 0 Å². The third-order valence-corrected chi connectivity index (χ3v) is 3.76. The lowest BCUT2D eigenvalue weighted by molar-refractivity contribution is 0.627. The van der Waals surface area contributed by atoms with Crippen molar-refractivity contribution in [1.29, 1.82) is 0 Å². The average Bonchev–Trinajstić information content (AvgIpc) is 2.32. The topological polar surface area (TPSA) is 12.0 Å².